The van der Waals surface area contributed by atoms with Gasteiger partial charge in [-0.2, -0.15) is 0 Å². The van der Waals surface area contributed by atoms with E-state index in [-0.39, 0.29) is 0 Å². The molecule has 0 radical (unpaired) electrons. The van der Waals surface area contributed by atoms with Crippen molar-refractivity contribution in [1.82, 2.24) is 0 Å². The number of hydrogen-bond donors (Lipinski definition) is 0. The van der Waals surface area contributed by atoms with E-state index in [9.17, 15) is 0 Å². The van der Waals surface area contributed by atoms with Gasteiger partial charge >= 0.3 is 0 Å². The van der Waals surface area contributed by atoms with E-state index in [1.165, 1.54) is 27.1 Å². The summed E-state index contributed by atoms with van der Waals surface area (Å²) in [5.74, 6) is 0. The molecule has 8 rings (SSSR count). The van der Waals surface area contributed by atoms with Crippen LogP contribution in [-0.2, 0) is 0 Å². The Morgan fingerprint density at radius 3 is 1.65 bits per heavy atom. The Morgan fingerprint density at radius 1 is 0.353 bits per heavy atom. The maximum Gasteiger partial charge on any atom is 0.139 e. The Bertz CT molecular complexity index is 2020. The summed E-state index contributed by atoms with van der Waals surface area (Å²) in [7, 11) is 0. The maximum absolute atomic E-state index is 6.38. The van der Waals surface area contributed by atoms with Crippen LogP contribution in [0.5, 0.6) is 0 Å². The summed E-state index contributed by atoms with van der Waals surface area (Å²) in [6.07, 6.45) is 0. The van der Waals surface area contributed by atoms with Gasteiger partial charge in [-0.25, -0.2) is 0 Å². The Kier molecular flexibility index (Phi) is 3.42. The zero-order chi connectivity index (χ0) is 22.2. The summed E-state index contributed by atoms with van der Waals surface area (Å²) in [4.78, 5) is 0. The first-order valence-corrected chi connectivity index (χ1v) is 11.5. The molecule has 0 bridgehead atoms. The molecule has 0 unspecified atom stereocenters. The number of rotatable bonds is 1. The summed E-state index contributed by atoms with van der Waals surface area (Å²) in [6, 6.07) is 38.5. The Balaban J connectivity index is 1.43. The van der Waals surface area contributed by atoms with Crippen molar-refractivity contribution in [2.45, 2.75) is 0 Å². The first-order valence-electron chi connectivity index (χ1n) is 11.5. The van der Waals surface area contributed by atoms with Crippen LogP contribution in [-0.4, -0.2) is 0 Å². The van der Waals surface area contributed by atoms with Crippen LogP contribution < -0.4 is 0 Å². The second-order valence-corrected chi connectivity index (χ2v) is 8.95. The molecule has 8 aromatic rings. The molecule has 0 N–H and O–H groups in total. The van der Waals surface area contributed by atoms with Crippen LogP contribution in [0.15, 0.2) is 118 Å². The van der Waals surface area contributed by atoms with Crippen molar-refractivity contribution in [1.29, 1.82) is 0 Å². The number of benzene rings is 6. The van der Waals surface area contributed by atoms with E-state index in [0.29, 0.717) is 0 Å². The zero-order valence-corrected chi connectivity index (χ0v) is 18.2. The highest BCUT2D eigenvalue weighted by molar-refractivity contribution is 6.17. The average molecular weight is 434 g/mol. The smallest absolute Gasteiger partial charge is 0.139 e. The molecule has 2 aromatic heterocycles. The molecule has 2 heteroatoms. The molecule has 2 heterocycles. The van der Waals surface area contributed by atoms with Gasteiger partial charge in [0.15, 0.2) is 0 Å². The lowest BCUT2D eigenvalue weighted by molar-refractivity contribution is 0.656. The number of hydrogen-bond acceptors (Lipinski definition) is 2. The highest BCUT2D eigenvalue weighted by Crippen LogP contribution is 2.41. The standard InChI is InChI=1S/C32H18O2/c1-3-9-22-19(7-1)15-20-8-2-4-10-23(20)32(22)21-13-14-25-27-17-26-24-11-5-6-12-28(24)33-30(26)18-31(27)34-29(25)16-21/h1-18H. The maximum atomic E-state index is 6.38. The molecule has 0 fully saturated rings. The molecule has 6 aromatic carbocycles. The lowest BCUT2D eigenvalue weighted by Gasteiger charge is -2.12. The minimum absolute atomic E-state index is 0.849. The third-order valence-electron chi connectivity index (χ3n) is 7.03. The Labute approximate surface area is 194 Å². The third-order valence-corrected chi connectivity index (χ3v) is 7.03. The quantitative estimate of drug-likeness (QED) is 0.240. The van der Waals surface area contributed by atoms with Gasteiger partial charge in [-0.1, -0.05) is 72.8 Å². The molecule has 0 aliphatic rings. The van der Waals surface area contributed by atoms with Crippen molar-refractivity contribution in [2.75, 3.05) is 0 Å². The largest absolute Gasteiger partial charge is 0.456 e. The zero-order valence-electron chi connectivity index (χ0n) is 18.2. The van der Waals surface area contributed by atoms with Crippen molar-refractivity contribution in [2.24, 2.45) is 0 Å². The van der Waals surface area contributed by atoms with E-state index < -0.39 is 0 Å². The molecule has 0 saturated heterocycles. The van der Waals surface area contributed by atoms with Crippen LogP contribution >= 0.6 is 0 Å². The van der Waals surface area contributed by atoms with E-state index in [4.69, 9.17) is 8.83 Å². The van der Waals surface area contributed by atoms with Crippen LogP contribution in [0.4, 0.5) is 0 Å². The van der Waals surface area contributed by atoms with Gasteiger partial charge in [0.25, 0.3) is 0 Å². The van der Waals surface area contributed by atoms with Crippen molar-refractivity contribution in [3.63, 3.8) is 0 Å². The normalized spacial score (nSPS) is 12.1. The van der Waals surface area contributed by atoms with Crippen LogP contribution in [0, 0.1) is 0 Å². The lowest BCUT2D eigenvalue weighted by atomic mass is 9.91. The number of para-hydroxylation sites is 1. The predicted molar refractivity (Wildman–Crippen MR) is 141 cm³/mol. The van der Waals surface area contributed by atoms with Gasteiger partial charge in [0.2, 0.25) is 0 Å². The SMILES string of the molecule is c1ccc2c(-c3ccc4c(c3)oc3cc5oc6ccccc6c5cc34)c3ccccc3cc2c1. The molecule has 0 atom stereocenters. The van der Waals surface area contributed by atoms with Gasteiger partial charge in [0, 0.05) is 27.6 Å². The van der Waals surface area contributed by atoms with E-state index >= 15 is 0 Å². The van der Waals surface area contributed by atoms with Gasteiger partial charge in [-0.05, 0) is 63.0 Å². The summed E-state index contributed by atoms with van der Waals surface area (Å²) in [5, 5.41) is 9.48. The minimum Gasteiger partial charge on any atom is -0.456 e. The second kappa shape index (κ2) is 6.49. The van der Waals surface area contributed by atoms with Gasteiger partial charge < -0.3 is 8.83 Å². The minimum atomic E-state index is 0.849. The van der Waals surface area contributed by atoms with Gasteiger partial charge in [-0.3, -0.25) is 0 Å². The van der Waals surface area contributed by atoms with Crippen LogP contribution in [0.2, 0.25) is 0 Å². The summed E-state index contributed by atoms with van der Waals surface area (Å²) in [5.41, 5.74) is 5.90. The predicted octanol–water partition coefficient (Wildman–Crippen LogP) is 9.46. The lowest BCUT2D eigenvalue weighted by Crippen LogP contribution is -1.85. The third kappa shape index (κ3) is 2.40. The van der Waals surface area contributed by atoms with Crippen LogP contribution in [0.1, 0.15) is 0 Å². The van der Waals surface area contributed by atoms with E-state index in [1.54, 1.807) is 0 Å². The molecule has 0 saturated carbocycles. The molecule has 2 nitrogen and oxygen atoms in total. The van der Waals surface area contributed by atoms with Crippen molar-refractivity contribution in [3.05, 3.63) is 109 Å². The molecular weight excluding hydrogens is 416 g/mol. The summed E-state index contributed by atoms with van der Waals surface area (Å²) in [6.45, 7) is 0. The fourth-order valence-corrected chi connectivity index (χ4v) is 5.48. The fraction of sp³-hybridized carbons (Fsp3) is 0. The van der Waals surface area contributed by atoms with Gasteiger partial charge in [0.1, 0.15) is 22.3 Å². The second-order valence-electron chi connectivity index (χ2n) is 8.95. The molecule has 34 heavy (non-hydrogen) atoms. The number of fused-ring (bicyclic) bond motifs is 8. The van der Waals surface area contributed by atoms with Crippen LogP contribution in [0.25, 0.3) is 76.5 Å². The van der Waals surface area contributed by atoms with E-state index in [2.05, 4.69) is 91.0 Å². The van der Waals surface area contributed by atoms with E-state index in [1.807, 2.05) is 18.2 Å². The van der Waals surface area contributed by atoms with Crippen molar-refractivity contribution >= 4 is 65.4 Å². The summed E-state index contributed by atoms with van der Waals surface area (Å²) >= 11 is 0. The Hall–Kier alpha value is -4.56. The Morgan fingerprint density at radius 2 is 0.912 bits per heavy atom. The molecule has 0 amide bonds. The first kappa shape index (κ1) is 17.9. The monoisotopic (exact) mass is 434 g/mol. The highest BCUT2D eigenvalue weighted by Gasteiger charge is 2.15. The van der Waals surface area contributed by atoms with Crippen molar-refractivity contribution in [3.8, 4) is 11.1 Å². The average Bonchev–Trinajstić information content (AvgIpc) is 3.42. The molecule has 0 spiro atoms. The van der Waals surface area contributed by atoms with Gasteiger partial charge in [0.05, 0.1) is 0 Å². The van der Waals surface area contributed by atoms with Crippen LogP contribution in [0.3, 0.4) is 0 Å². The van der Waals surface area contributed by atoms with E-state index in [0.717, 1.165) is 49.4 Å². The number of furan rings is 2. The van der Waals surface area contributed by atoms with Gasteiger partial charge in [-0.15, -0.1) is 0 Å². The molecule has 0 aliphatic carbocycles. The van der Waals surface area contributed by atoms with Crippen molar-refractivity contribution < 1.29 is 8.83 Å². The topological polar surface area (TPSA) is 26.3 Å². The summed E-state index contributed by atoms with van der Waals surface area (Å²) < 4.78 is 12.5. The molecule has 0 aliphatic heterocycles. The highest BCUT2D eigenvalue weighted by atomic mass is 16.3. The molecule has 158 valence electrons. The fourth-order valence-electron chi connectivity index (χ4n) is 5.48. The first-order chi connectivity index (χ1) is 16.8. The molecular formula is C32H18O2.